The lowest BCUT2D eigenvalue weighted by molar-refractivity contribution is -0.139. The van der Waals surface area contributed by atoms with Crippen molar-refractivity contribution < 1.29 is 19.1 Å². The van der Waals surface area contributed by atoms with Crippen LogP contribution in [0.1, 0.15) is 43.2 Å². The summed E-state index contributed by atoms with van der Waals surface area (Å²) in [4.78, 5) is 30.3. The number of benzene rings is 2. The van der Waals surface area contributed by atoms with Gasteiger partial charge in [-0.1, -0.05) is 35.9 Å². The van der Waals surface area contributed by atoms with Crippen LogP contribution in [-0.4, -0.2) is 61.0 Å². The van der Waals surface area contributed by atoms with Crippen molar-refractivity contribution in [2.75, 3.05) is 33.3 Å². The molecular weight excluding hydrogens is 428 g/mol. The number of ether oxygens (including phenoxy) is 2. The number of amides is 2. The highest BCUT2D eigenvalue weighted by Crippen LogP contribution is 2.28. The van der Waals surface area contributed by atoms with Gasteiger partial charge in [0.05, 0.1) is 13.5 Å². The van der Waals surface area contributed by atoms with E-state index >= 15 is 0 Å². The molecule has 2 fully saturated rings. The Morgan fingerprint density at radius 3 is 2.44 bits per heavy atom. The minimum Gasteiger partial charge on any atom is -0.496 e. The molecular formula is C28H36N2O4. The second-order valence-corrected chi connectivity index (χ2v) is 9.50. The molecule has 0 aliphatic carbocycles. The van der Waals surface area contributed by atoms with Gasteiger partial charge in [0, 0.05) is 50.5 Å². The van der Waals surface area contributed by atoms with Gasteiger partial charge in [-0.25, -0.2) is 0 Å². The number of methoxy groups -OCH3 is 1. The number of piperidine rings is 2. The second kappa shape index (κ2) is 11.4. The summed E-state index contributed by atoms with van der Waals surface area (Å²) in [6, 6.07) is 15.7. The molecule has 2 aromatic carbocycles. The largest absolute Gasteiger partial charge is 0.496 e. The van der Waals surface area contributed by atoms with Crippen molar-refractivity contribution >= 4 is 11.8 Å². The van der Waals surface area contributed by atoms with Gasteiger partial charge in [0.25, 0.3) is 0 Å². The van der Waals surface area contributed by atoms with Crippen molar-refractivity contribution in [2.24, 2.45) is 5.92 Å². The van der Waals surface area contributed by atoms with E-state index in [1.165, 1.54) is 6.42 Å². The van der Waals surface area contributed by atoms with Crippen molar-refractivity contribution in [1.82, 2.24) is 9.80 Å². The number of para-hydroxylation sites is 1. The van der Waals surface area contributed by atoms with Gasteiger partial charge in [-0.3, -0.25) is 9.59 Å². The predicted molar refractivity (Wildman–Crippen MR) is 132 cm³/mol. The summed E-state index contributed by atoms with van der Waals surface area (Å²) in [5.74, 6) is 1.76. The van der Waals surface area contributed by atoms with E-state index in [1.807, 2.05) is 65.3 Å². The Morgan fingerprint density at radius 2 is 1.71 bits per heavy atom. The Bertz CT molecular complexity index is 972. The zero-order valence-electron chi connectivity index (χ0n) is 20.4. The highest BCUT2D eigenvalue weighted by atomic mass is 16.5. The normalized spacial score (nSPS) is 20.6. The van der Waals surface area contributed by atoms with E-state index < -0.39 is 0 Å². The third kappa shape index (κ3) is 6.10. The molecule has 2 amide bonds. The maximum absolute atomic E-state index is 13.3. The van der Waals surface area contributed by atoms with E-state index in [1.54, 1.807) is 7.11 Å². The van der Waals surface area contributed by atoms with E-state index in [9.17, 15) is 9.59 Å². The van der Waals surface area contributed by atoms with Crippen LogP contribution in [-0.2, 0) is 16.0 Å². The molecule has 182 valence electrons. The van der Waals surface area contributed by atoms with Gasteiger partial charge in [-0.15, -0.1) is 0 Å². The molecule has 2 aliphatic rings. The van der Waals surface area contributed by atoms with Crippen LogP contribution in [0.25, 0.3) is 0 Å². The fourth-order valence-corrected chi connectivity index (χ4v) is 5.08. The van der Waals surface area contributed by atoms with Crippen LogP contribution in [0.4, 0.5) is 0 Å². The number of likely N-dealkylation sites (tertiary alicyclic amines) is 2. The lowest BCUT2D eigenvalue weighted by Crippen LogP contribution is -2.50. The van der Waals surface area contributed by atoms with Gasteiger partial charge >= 0.3 is 0 Å². The minimum absolute atomic E-state index is 0.0354. The van der Waals surface area contributed by atoms with Crippen LogP contribution in [0.15, 0.2) is 48.5 Å². The van der Waals surface area contributed by atoms with E-state index in [4.69, 9.17) is 9.47 Å². The number of aryl methyl sites for hydroxylation is 1. The lowest BCUT2D eigenvalue weighted by Gasteiger charge is -2.39. The summed E-state index contributed by atoms with van der Waals surface area (Å²) in [7, 11) is 1.63. The third-order valence-corrected chi connectivity index (χ3v) is 6.97. The highest BCUT2D eigenvalue weighted by Gasteiger charge is 2.35. The highest BCUT2D eigenvalue weighted by molar-refractivity contribution is 5.80. The first-order valence-electron chi connectivity index (χ1n) is 12.4. The smallest absolute Gasteiger partial charge is 0.227 e. The zero-order chi connectivity index (χ0) is 23.9. The average molecular weight is 465 g/mol. The number of carbonyl (C=O) groups excluding carboxylic acids is 2. The molecule has 2 atom stereocenters. The Morgan fingerprint density at radius 1 is 0.941 bits per heavy atom. The Labute approximate surface area is 202 Å². The quantitative estimate of drug-likeness (QED) is 0.615. The summed E-state index contributed by atoms with van der Waals surface area (Å²) in [6.07, 6.45) is 4.67. The van der Waals surface area contributed by atoms with Crippen molar-refractivity contribution in [1.29, 1.82) is 0 Å². The zero-order valence-corrected chi connectivity index (χ0v) is 20.4. The van der Waals surface area contributed by atoms with Crippen LogP contribution in [0.3, 0.4) is 0 Å². The van der Waals surface area contributed by atoms with Gasteiger partial charge in [-0.2, -0.15) is 0 Å². The molecule has 0 spiro atoms. The Balaban J connectivity index is 1.46. The van der Waals surface area contributed by atoms with E-state index in [-0.39, 0.29) is 23.8 Å². The minimum atomic E-state index is -0.0892. The van der Waals surface area contributed by atoms with E-state index in [0.29, 0.717) is 32.4 Å². The molecule has 2 aromatic rings. The summed E-state index contributed by atoms with van der Waals surface area (Å²) in [5.41, 5.74) is 2.00. The van der Waals surface area contributed by atoms with E-state index in [2.05, 4.69) is 0 Å². The third-order valence-electron chi connectivity index (χ3n) is 6.97. The number of nitrogens with zero attached hydrogens (tertiary/aromatic N) is 2. The van der Waals surface area contributed by atoms with E-state index in [0.717, 1.165) is 48.6 Å². The number of carbonyl (C=O) groups is 2. The molecule has 2 aliphatic heterocycles. The Hall–Kier alpha value is -3.02. The fourth-order valence-electron chi connectivity index (χ4n) is 5.08. The van der Waals surface area contributed by atoms with Gasteiger partial charge in [0.2, 0.25) is 11.8 Å². The van der Waals surface area contributed by atoms with Crippen LogP contribution in [0, 0.1) is 12.8 Å². The van der Waals surface area contributed by atoms with Crippen LogP contribution in [0.5, 0.6) is 11.5 Å². The first-order valence-corrected chi connectivity index (χ1v) is 12.4. The molecule has 4 rings (SSSR count). The van der Waals surface area contributed by atoms with Crippen LogP contribution in [0.2, 0.25) is 0 Å². The molecule has 6 nitrogen and oxygen atoms in total. The van der Waals surface area contributed by atoms with Crippen molar-refractivity contribution in [3.8, 4) is 11.5 Å². The van der Waals surface area contributed by atoms with Gasteiger partial charge in [0.15, 0.2) is 0 Å². The number of hydrogen-bond acceptors (Lipinski definition) is 4. The van der Waals surface area contributed by atoms with Gasteiger partial charge in [-0.05, 0) is 44.4 Å². The number of hydrogen-bond donors (Lipinski definition) is 0. The molecule has 0 bridgehead atoms. The van der Waals surface area contributed by atoms with Crippen LogP contribution < -0.4 is 9.47 Å². The van der Waals surface area contributed by atoms with Crippen LogP contribution >= 0.6 is 0 Å². The first kappa shape index (κ1) is 24.1. The first-order chi connectivity index (χ1) is 16.5. The molecule has 0 unspecified atom stereocenters. The van der Waals surface area contributed by atoms with Gasteiger partial charge in [0.1, 0.15) is 17.6 Å². The summed E-state index contributed by atoms with van der Waals surface area (Å²) >= 11 is 0. The molecule has 0 saturated carbocycles. The Kier molecular flexibility index (Phi) is 8.09. The summed E-state index contributed by atoms with van der Waals surface area (Å²) in [6.45, 7) is 4.85. The summed E-state index contributed by atoms with van der Waals surface area (Å²) in [5, 5.41) is 0. The van der Waals surface area contributed by atoms with Crippen molar-refractivity contribution in [3.05, 3.63) is 59.7 Å². The number of rotatable bonds is 7. The average Bonchev–Trinajstić information content (AvgIpc) is 2.86. The SMILES string of the molecule is COc1ccc(C)cc1CC(=O)N1CC[C@H](Oc2ccccc2)[C@@H](CC(=O)N2CCCCC2)C1. The molecule has 2 saturated heterocycles. The molecule has 34 heavy (non-hydrogen) atoms. The molecule has 0 aromatic heterocycles. The van der Waals surface area contributed by atoms with Gasteiger partial charge < -0.3 is 19.3 Å². The fraction of sp³-hybridized carbons (Fsp3) is 0.500. The maximum Gasteiger partial charge on any atom is 0.227 e. The molecule has 0 N–H and O–H groups in total. The maximum atomic E-state index is 13.3. The monoisotopic (exact) mass is 464 g/mol. The van der Waals surface area contributed by atoms with Crippen molar-refractivity contribution in [3.63, 3.8) is 0 Å². The molecule has 0 radical (unpaired) electrons. The topological polar surface area (TPSA) is 59.1 Å². The standard InChI is InChI=1S/C28H36N2O4/c1-21-11-12-25(33-2)22(17-21)18-28(32)30-16-13-26(34-24-9-5-3-6-10-24)23(20-30)19-27(31)29-14-7-4-8-15-29/h3,5-6,9-12,17,23,26H,4,7-8,13-16,18-20H2,1-2H3/t23-,26-/m0/s1. The molecule has 6 heteroatoms. The van der Waals surface area contributed by atoms with Crippen molar-refractivity contribution in [2.45, 2.75) is 51.6 Å². The summed E-state index contributed by atoms with van der Waals surface area (Å²) < 4.78 is 11.8. The lowest BCUT2D eigenvalue weighted by atomic mass is 9.90. The predicted octanol–water partition coefficient (Wildman–Crippen LogP) is 4.24. The second-order valence-electron chi connectivity index (χ2n) is 9.50. The molecule has 2 heterocycles.